The van der Waals surface area contributed by atoms with E-state index in [1.165, 1.54) is 0 Å². The minimum absolute atomic E-state index is 0.177. The Hall–Kier alpha value is -0.610. The molecule has 0 aromatic carbocycles. The van der Waals surface area contributed by atoms with Gasteiger partial charge in [-0.3, -0.25) is 4.79 Å². The number of piperidine rings is 1. The molecule has 2 heterocycles. The second kappa shape index (κ2) is 4.94. The van der Waals surface area contributed by atoms with Gasteiger partial charge in [-0.05, 0) is 25.8 Å². The van der Waals surface area contributed by atoms with Gasteiger partial charge in [0.25, 0.3) is 0 Å². The molecular formula is C11H20N2O2. The standard InChI is InChI=1S/C11H20N2O2/c14-8-9-3-5-13(7-9)11(15)10-2-1-4-12-6-10/h9-10,12,14H,1-8H2/t9-,10-/m1/s1. The van der Waals surface area contributed by atoms with E-state index in [9.17, 15) is 4.79 Å². The summed E-state index contributed by atoms with van der Waals surface area (Å²) < 4.78 is 0. The third-order valence-electron chi connectivity index (χ3n) is 3.50. The average molecular weight is 212 g/mol. The van der Waals surface area contributed by atoms with Gasteiger partial charge in [-0.25, -0.2) is 0 Å². The lowest BCUT2D eigenvalue weighted by Crippen LogP contribution is -2.42. The zero-order valence-electron chi connectivity index (χ0n) is 9.11. The van der Waals surface area contributed by atoms with Gasteiger partial charge in [0.15, 0.2) is 0 Å². The van der Waals surface area contributed by atoms with Crippen molar-refractivity contribution < 1.29 is 9.90 Å². The molecule has 0 saturated carbocycles. The lowest BCUT2D eigenvalue weighted by molar-refractivity contribution is -0.135. The number of hydrogen-bond donors (Lipinski definition) is 2. The fourth-order valence-electron chi connectivity index (χ4n) is 2.50. The maximum Gasteiger partial charge on any atom is 0.226 e. The van der Waals surface area contributed by atoms with Crippen molar-refractivity contribution in [2.24, 2.45) is 11.8 Å². The van der Waals surface area contributed by atoms with Crippen LogP contribution in [0.5, 0.6) is 0 Å². The van der Waals surface area contributed by atoms with Gasteiger partial charge in [0.05, 0.1) is 5.92 Å². The van der Waals surface area contributed by atoms with Crippen molar-refractivity contribution in [2.45, 2.75) is 19.3 Å². The summed E-state index contributed by atoms with van der Waals surface area (Å²) in [6, 6.07) is 0. The summed E-state index contributed by atoms with van der Waals surface area (Å²) in [4.78, 5) is 14.0. The Morgan fingerprint density at radius 2 is 2.33 bits per heavy atom. The van der Waals surface area contributed by atoms with E-state index in [2.05, 4.69) is 5.32 Å². The van der Waals surface area contributed by atoms with Crippen molar-refractivity contribution in [3.8, 4) is 0 Å². The molecule has 1 amide bonds. The van der Waals surface area contributed by atoms with E-state index in [1.807, 2.05) is 4.90 Å². The van der Waals surface area contributed by atoms with Gasteiger partial charge < -0.3 is 15.3 Å². The van der Waals surface area contributed by atoms with E-state index in [1.54, 1.807) is 0 Å². The van der Waals surface area contributed by atoms with E-state index in [4.69, 9.17) is 5.11 Å². The van der Waals surface area contributed by atoms with E-state index in [0.29, 0.717) is 5.92 Å². The topological polar surface area (TPSA) is 52.6 Å². The fourth-order valence-corrected chi connectivity index (χ4v) is 2.50. The number of carbonyl (C=O) groups excluding carboxylic acids is 1. The smallest absolute Gasteiger partial charge is 0.226 e. The van der Waals surface area contributed by atoms with Gasteiger partial charge in [0.1, 0.15) is 0 Å². The highest BCUT2D eigenvalue weighted by Crippen LogP contribution is 2.20. The predicted octanol–water partition coefficient (Wildman–Crippen LogP) is -0.173. The highest BCUT2D eigenvalue weighted by Gasteiger charge is 2.30. The Bertz CT molecular complexity index is 227. The molecule has 2 fully saturated rings. The van der Waals surface area contributed by atoms with Crippen molar-refractivity contribution >= 4 is 5.91 Å². The first-order chi connectivity index (χ1) is 7.31. The minimum atomic E-state index is 0.177. The third kappa shape index (κ3) is 2.49. The van der Waals surface area contributed by atoms with Crippen LogP contribution in [0, 0.1) is 11.8 Å². The molecule has 0 aromatic heterocycles. The molecule has 4 nitrogen and oxygen atoms in total. The quantitative estimate of drug-likeness (QED) is 0.668. The van der Waals surface area contributed by atoms with E-state index in [-0.39, 0.29) is 18.4 Å². The normalized spacial score (nSPS) is 31.9. The minimum Gasteiger partial charge on any atom is -0.396 e. The average Bonchev–Trinajstić information content (AvgIpc) is 2.78. The van der Waals surface area contributed by atoms with Crippen LogP contribution >= 0.6 is 0 Å². The van der Waals surface area contributed by atoms with Crippen LogP contribution in [-0.4, -0.2) is 48.7 Å². The van der Waals surface area contributed by atoms with Crippen molar-refractivity contribution in [3.05, 3.63) is 0 Å². The van der Waals surface area contributed by atoms with Crippen LogP contribution in [0.1, 0.15) is 19.3 Å². The second-order valence-electron chi connectivity index (χ2n) is 4.66. The van der Waals surface area contributed by atoms with Gasteiger partial charge in [0.2, 0.25) is 5.91 Å². The van der Waals surface area contributed by atoms with Crippen LogP contribution in [0.25, 0.3) is 0 Å². The van der Waals surface area contributed by atoms with Gasteiger partial charge >= 0.3 is 0 Å². The van der Waals surface area contributed by atoms with E-state index >= 15 is 0 Å². The molecule has 0 unspecified atom stereocenters. The second-order valence-corrected chi connectivity index (χ2v) is 4.66. The molecule has 0 bridgehead atoms. The monoisotopic (exact) mass is 212 g/mol. The summed E-state index contributed by atoms with van der Waals surface area (Å²) >= 11 is 0. The van der Waals surface area contributed by atoms with Crippen LogP contribution in [0.2, 0.25) is 0 Å². The summed E-state index contributed by atoms with van der Waals surface area (Å²) in [6.07, 6.45) is 3.09. The zero-order valence-corrected chi connectivity index (χ0v) is 9.11. The van der Waals surface area contributed by atoms with Crippen LogP contribution in [-0.2, 0) is 4.79 Å². The number of amides is 1. The van der Waals surface area contributed by atoms with E-state index in [0.717, 1.165) is 45.4 Å². The summed E-state index contributed by atoms with van der Waals surface area (Å²) in [5.74, 6) is 0.778. The Balaban J connectivity index is 1.85. The van der Waals surface area contributed by atoms with Crippen LogP contribution < -0.4 is 5.32 Å². The van der Waals surface area contributed by atoms with Crippen molar-refractivity contribution in [2.75, 3.05) is 32.8 Å². The molecule has 2 aliphatic rings. The van der Waals surface area contributed by atoms with Gasteiger partial charge in [-0.2, -0.15) is 0 Å². The Morgan fingerprint density at radius 3 is 2.93 bits per heavy atom. The summed E-state index contributed by atoms with van der Waals surface area (Å²) in [5, 5.41) is 12.3. The number of aliphatic hydroxyl groups is 1. The third-order valence-corrected chi connectivity index (χ3v) is 3.50. The summed E-state index contributed by atoms with van der Waals surface area (Å²) in [7, 11) is 0. The Morgan fingerprint density at radius 1 is 1.47 bits per heavy atom. The Labute approximate surface area is 90.6 Å². The molecule has 15 heavy (non-hydrogen) atoms. The molecule has 0 radical (unpaired) electrons. The molecule has 0 aliphatic carbocycles. The number of likely N-dealkylation sites (tertiary alicyclic amines) is 1. The number of carbonyl (C=O) groups is 1. The Kier molecular flexibility index (Phi) is 3.59. The first-order valence-electron chi connectivity index (χ1n) is 5.91. The molecule has 2 rings (SSSR count). The molecule has 2 aliphatic heterocycles. The van der Waals surface area contributed by atoms with E-state index < -0.39 is 0 Å². The van der Waals surface area contributed by atoms with Crippen LogP contribution in [0.15, 0.2) is 0 Å². The largest absolute Gasteiger partial charge is 0.396 e. The van der Waals surface area contributed by atoms with Gasteiger partial charge in [-0.15, -0.1) is 0 Å². The zero-order chi connectivity index (χ0) is 10.7. The highest BCUT2D eigenvalue weighted by atomic mass is 16.3. The molecule has 2 N–H and O–H groups in total. The van der Waals surface area contributed by atoms with Crippen molar-refractivity contribution in [3.63, 3.8) is 0 Å². The molecule has 2 saturated heterocycles. The van der Waals surface area contributed by atoms with Gasteiger partial charge in [0, 0.05) is 32.2 Å². The molecule has 4 heteroatoms. The maximum absolute atomic E-state index is 12.1. The molecular weight excluding hydrogens is 192 g/mol. The number of nitrogens with one attached hydrogen (secondary N) is 1. The molecule has 2 atom stereocenters. The first kappa shape index (κ1) is 10.9. The number of hydrogen-bond acceptors (Lipinski definition) is 3. The molecule has 0 spiro atoms. The lowest BCUT2D eigenvalue weighted by atomic mass is 9.98. The first-order valence-corrected chi connectivity index (χ1v) is 5.91. The summed E-state index contributed by atoms with van der Waals surface area (Å²) in [5.41, 5.74) is 0. The predicted molar refractivity (Wildman–Crippen MR) is 57.4 cm³/mol. The number of aliphatic hydroxyl groups excluding tert-OH is 1. The van der Waals surface area contributed by atoms with Crippen LogP contribution in [0.4, 0.5) is 0 Å². The fraction of sp³-hybridized carbons (Fsp3) is 0.909. The highest BCUT2D eigenvalue weighted by molar-refractivity contribution is 5.79. The van der Waals surface area contributed by atoms with Crippen molar-refractivity contribution in [1.29, 1.82) is 0 Å². The summed E-state index contributed by atoms with van der Waals surface area (Å²) in [6.45, 7) is 3.68. The molecule has 0 aromatic rings. The SMILES string of the molecule is O=C([C@@H]1CCCNC1)N1CC[C@@H](CO)C1. The maximum atomic E-state index is 12.1. The molecule has 86 valence electrons. The number of rotatable bonds is 2. The van der Waals surface area contributed by atoms with Gasteiger partial charge in [-0.1, -0.05) is 0 Å². The van der Waals surface area contributed by atoms with Crippen molar-refractivity contribution in [1.82, 2.24) is 10.2 Å². The number of nitrogens with zero attached hydrogens (tertiary/aromatic N) is 1. The van der Waals surface area contributed by atoms with Crippen LogP contribution in [0.3, 0.4) is 0 Å². The lowest BCUT2D eigenvalue weighted by Gasteiger charge is -2.26.